The molecular formula is C10H13ClN4S. The molecule has 0 aliphatic heterocycles. The third-order valence-electron chi connectivity index (χ3n) is 2.49. The van der Waals surface area contributed by atoms with E-state index in [0.717, 1.165) is 12.1 Å². The Morgan fingerprint density at radius 3 is 3.00 bits per heavy atom. The SMILES string of the molecule is Cn1ncc(Cl)c1C(Cc1ccsc1)NN. The first-order valence-corrected chi connectivity index (χ1v) is 6.19. The zero-order chi connectivity index (χ0) is 11.5. The zero-order valence-corrected chi connectivity index (χ0v) is 10.4. The summed E-state index contributed by atoms with van der Waals surface area (Å²) in [6, 6.07) is 2.06. The molecule has 3 N–H and O–H groups in total. The maximum atomic E-state index is 6.08. The smallest absolute Gasteiger partial charge is 0.0834 e. The maximum Gasteiger partial charge on any atom is 0.0834 e. The molecule has 2 aromatic rings. The summed E-state index contributed by atoms with van der Waals surface area (Å²) in [5, 5.41) is 8.90. The Hall–Kier alpha value is -0.880. The third kappa shape index (κ3) is 2.27. The summed E-state index contributed by atoms with van der Waals surface area (Å²) in [6.45, 7) is 0. The highest BCUT2D eigenvalue weighted by Gasteiger charge is 2.18. The minimum Gasteiger partial charge on any atom is -0.271 e. The van der Waals surface area contributed by atoms with Crippen molar-refractivity contribution in [3.05, 3.63) is 39.3 Å². The van der Waals surface area contributed by atoms with E-state index in [1.165, 1.54) is 5.56 Å². The van der Waals surface area contributed by atoms with Gasteiger partial charge in [-0.15, -0.1) is 0 Å². The quantitative estimate of drug-likeness (QED) is 0.649. The molecule has 0 aromatic carbocycles. The van der Waals surface area contributed by atoms with Gasteiger partial charge in [-0.2, -0.15) is 16.4 Å². The van der Waals surface area contributed by atoms with Crippen molar-refractivity contribution in [1.82, 2.24) is 15.2 Å². The normalized spacial score (nSPS) is 12.9. The van der Waals surface area contributed by atoms with Crippen LogP contribution in [0.5, 0.6) is 0 Å². The highest BCUT2D eigenvalue weighted by atomic mass is 35.5. The lowest BCUT2D eigenvalue weighted by molar-refractivity contribution is 0.509. The Morgan fingerprint density at radius 1 is 1.69 bits per heavy atom. The number of nitrogens with two attached hydrogens (primary N) is 1. The summed E-state index contributed by atoms with van der Waals surface area (Å²) >= 11 is 7.76. The van der Waals surface area contributed by atoms with Gasteiger partial charge in [0.25, 0.3) is 0 Å². The molecular weight excluding hydrogens is 244 g/mol. The summed E-state index contributed by atoms with van der Waals surface area (Å²) in [5.41, 5.74) is 4.94. The van der Waals surface area contributed by atoms with Crippen molar-refractivity contribution >= 4 is 22.9 Å². The molecule has 0 radical (unpaired) electrons. The van der Waals surface area contributed by atoms with Crippen molar-refractivity contribution in [3.8, 4) is 0 Å². The van der Waals surface area contributed by atoms with Crippen LogP contribution in [-0.4, -0.2) is 9.78 Å². The molecule has 0 aliphatic carbocycles. The van der Waals surface area contributed by atoms with Gasteiger partial charge in [0.1, 0.15) is 0 Å². The fourth-order valence-electron chi connectivity index (χ4n) is 1.69. The van der Waals surface area contributed by atoms with Crippen LogP contribution in [0.15, 0.2) is 23.0 Å². The molecule has 0 saturated carbocycles. The second-order valence-electron chi connectivity index (χ2n) is 3.56. The minimum atomic E-state index is -0.0189. The highest BCUT2D eigenvalue weighted by molar-refractivity contribution is 7.07. The van der Waals surface area contributed by atoms with Crippen LogP contribution in [0.4, 0.5) is 0 Å². The molecule has 2 rings (SSSR count). The fourth-order valence-corrected chi connectivity index (χ4v) is 2.67. The summed E-state index contributed by atoms with van der Waals surface area (Å²) in [6.07, 6.45) is 2.44. The van der Waals surface area contributed by atoms with Crippen LogP contribution in [0.25, 0.3) is 0 Å². The van der Waals surface area contributed by atoms with E-state index in [2.05, 4.69) is 22.0 Å². The predicted molar refractivity (Wildman–Crippen MR) is 66.3 cm³/mol. The largest absolute Gasteiger partial charge is 0.271 e. The lowest BCUT2D eigenvalue weighted by Gasteiger charge is -2.16. The third-order valence-corrected chi connectivity index (χ3v) is 3.51. The molecule has 0 spiro atoms. The van der Waals surface area contributed by atoms with Gasteiger partial charge in [0.05, 0.1) is 23.0 Å². The van der Waals surface area contributed by atoms with E-state index < -0.39 is 0 Å². The van der Waals surface area contributed by atoms with Crippen molar-refractivity contribution in [2.75, 3.05) is 0 Å². The van der Waals surface area contributed by atoms with Crippen molar-refractivity contribution < 1.29 is 0 Å². The number of aromatic nitrogens is 2. The van der Waals surface area contributed by atoms with Gasteiger partial charge in [0, 0.05) is 7.05 Å². The maximum absolute atomic E-state index is 6.08. The average molecular weight is 257 g/mol. The van der Waals surface area contributed by atoms with Crippen LogP contribution < -0.4 is 11.3 Å². The summed E-state index contributed by atoms with van der Waals surface area (Å²) in [4.78, 5) is 0. The van der Waals surface area contributed by atoms with Crippen molar-refractivity contribution in [3.63, 3.8) is 0 Å². The zero-order valence-electron chi connectivity index (χ0n) is 8.85. The van der Waals surface area contributed by atoms with Crippen molar-refractivity contribution in [2.45, 2.75) is 12.5 Å². The summed E-state index contributed by atoms with van der Waals surface area (Å²) in [7, 11) is 1.86. The van der Waals surface area contributed by atoms with Gasteiger partial charge in [-0.05, 0) is 28.8 Å². The number of rotatable bonds is 4. The van der Waals surface area contributed by atoms with Crippen LogP contribution in [0.2, 0.25) is 5.02 Å². The number of halogens is 1. The molecule has 6 heteroatoms. The average Bonchev–Trinajstić information content (AvgIpc) is 2.87. The first-order valence-electron chi connectivity index (χ1n) is 4.87. The Kier molecular flexibility index (Phi) is 3.60. The lowest BCUT2D eigenvalue weighted by atomic mass is 10.1. The Balaban J connectivity index is 2.23. The molecule has 2 heterocycles. The fraction of sp³-hybridized carbons (Fsp3) is 0.300. The second-order valence-corrected chi connectivity index (χ2v) is 4.74. The van der Waals surface area contributed by atoms with Gasteiger partial charge in [0.15, 0.2) is 0 Å². The van der Waals surface area contributed by atoms with Crippen LogP contribution in [0.1, 0.15) is 17.3 Å². The van der Waals surface area contributed by atoms with Crippen molar-refractivity contribution in [1.29, 1.82) is 0 Å². The number of aryl methyl sites for hydroxylation is 1. The number of thiophene rings is 1. The van der Waals surface area contributed by atoms with Crippen LogP contribution in [0.3, 0.4) is 0 Å². The van der Waals surface area contributed by atoms with Gasteiger partial charge in [-0.25, -0.2) is 0 Å². The molecule has 2 aromatic heterocycles. The number of nitrogens with zero attached hydrogens (tertiary/aromatic N) is 2. The molecule has 1 unspecified atom stereocenters. The molecule has 0 aliphatic rings. The number of hydrogen-bond donors (Lipinski definition) is 2. The molecule has 0 amide bonds. The van der Waals surface area contributed by atoms with Crippen LogP contribution >= 0.6 is 22.9 Å². The predicted octanol–water partition coefficient (Wildman–Crippen LogP) is 1.88. The van der Waals surface area contributed by atoms with Gasteiger partial charge in [0.2, 0.25) is 0 Å². The highest BCUT2D eigenvalue weighted by Crippen LogP contribution is 2.25. The topological polar surface area (TPSA) is 55.9 Å². The molecule has 0 saturated heterocycles. The molecule has 1 atom stereocenters. The molecule has 86 valence electrons. The second kappa shape index (κ2) is 4.97. The Morgan fingerprint density at radius 2 is 2.50 bits per heavy atom. The minimum absolute atomic E-state index is 0.0189. The number of nitrogens with one attached hydrogen (secondary N) is 1. The lowest BCUT2D eigenvalue weighted by Crippen LogP contribution is -2.31. The summed E-state index contributed by atoms with van der Waals surface area (Å²) < 4.78 is 1.75. The van der Waals surface area contributed by atoms with Crippen LogP contribution in [0, 0.1) is 0 Å². The monoisotopic (exact) mass is 256 g/mol. The van der Waals surface area contributed by atoms with E-state index in [4.69, 9.17) is 17.4 Å². The molecule has 4 nitrogen and oxygen atoms in total. The Bertz CT molecular complexity index is 432. The first kappa shape index (κ1) is 11.6. The van der Waals surface area contributed by atoms with Gasteiger partial charge in [-0.1, -0.05) is 11.6 Å². The number of hydrazine groups is 1. The van der Waals surface area contributed by atoms with E-state index in [1.807, 2.05) is 12.4 Å². The van der Waals surface area contributed by atoms with E-state index in [9.17, 15) is 0 Å². The van der Waals surface area contributed by atoms with Gasteiger partial charge < -0.3 is 0 Å². The van der Waals surface area contributed by atoms with Crippen LogP contribution in [-0.2, 0) is 13.5 Å². The molecule has 0 fully saturated rings. The molecule has 16 heavy (non-hydrogen) atoms. The molecule has 0 bridgehead atoms. The first-order chi connectivity index (χ1) is 7.72. The van der Waals surface area contributed by atoms with Crippen molar-refractivity contribution in [2.24, 2.45) is 12.9 Å². The Labute approximate surface area is 103 Å². The van der Waals surface area contributed by atoms with E-state index >= 15 is 0 Å². The van der Waals surface area contributed by atoms with E-state index in [0.29, 0.717) is 5.02 Å². The van der Waals surface area contributed by atoms with Gasteiger partial charge in [-0.3, -0.25) is 16.0 Å². The number of hydrogen-bond acceptors (Lipinski definition) is 4. The van der Waals surface area contributed by atoms with E-state index in [1.54, 1.807) is 22.2 Å². The standard InChI is InChI=1S/C10H13ClN4S/c1-15-10(8(11)5-13-15)9(14-12)4-7-2-3-16-6-7/h2-3,5-6,9,14H,4,12H2,1H3. The summed E-state index contributed by atoms with van der Waals surface area (Å²) in [5.74, 6) is 5.57. The van der Waals surface area contributed by atoms with E-state index in [-0.39, 0.29) is 6.04 Å². The van der Waals surface area contributed by atoms with Gasteiger partial charge >= 0.3 is 0 Å².